The fraction of sp³-hybridized carbons (Fsp3) is 0.538. The zero-order valence-electron chi connectivity index (χ0n) is 10.1. The van der Waals surface area contributed by atoms with Crippen LogP contribution in [0.2, 0.25) is 5.02 Å². The normalized spacial score (nSPS) is 21.1. The lowest BCUT2D eigenvalue weighted by atomic mass is 9.95. The van der Waals surface area contributed by atoms with Crippen molar-refractivity contribution < 1.29 is 5.11 Å². The Bertz CT molecular complexity index is 358. The molecule has 1 aliphatic rings. The van der Waals surface area contributed by atoms with Crippen LogP contribution in [-0.4, -0.2) is 42.7 Å². The molecule has 0 amide bonds. The highest BCUT2D eigenvalue weighted by Gasteiger charge is 2.26. The lowest BCUT2D eigenvalue weighted by molar-refractivity contribution is 0.0126. The van der Waals surface area contributed by atoms with E-state index >= 15 is 0 Å². The maximum absolute atomic E-state index is 10.5. The molecule has 2 rings (SSSR count). The fourth-order valence-electron chi connectivity index (χ4n) is 2.20. The molecule has 3 nitrogen and oxygen atoms in total. The van der Waals surface area contributed by atoms with Crippen LogP contribution in [0.5, 0.6) is 0 Å². The number of hydrogen-bond donors (Lipinski definition) is 2. The Morgan fingerprint density at radius 1 is 1.29 bits per heavy atom. The second kappa shape index (κ2) is 5.36. The van der Waals surface area contributed by atoms with Crippen LogP contribution in [0, 0.1) is 0 Å². The summed E-state index contributed by atoms with van der Waals surface area (Å²) < 4.78 is 0. The van der Waals surface area contributed by atoms with Crippen molar-refractivity contribution in [1.29, 1.82) is 0 Å². The Hall–Kier alpha value is -0.610. The number of aliphatic hydroxyl groups is 1. The van der Waals surface area contributed by atoms with Gasteiger partial charge in [0.1, 0.15) is 0 Å². The van der Waals surface area contributed by atoms with Crippen LogP contribution in [0.3, 0.4) is 0 Å². The van der Waals surface area contributed by atoms with Gasteiger partial charge < -0.3 is 10.4 Å². The van der Waals surface area contributed by atoms with Crippen LogP contribution < -0.4 is 5.32 Å². The molecule has 0 aromatic heterocycles. The average molecular weight is 255 g/mol. The lowest BCUT2D eigenvalue weighted by Gasteiger charge is -2.34. The molecule has 0 aliphatic carbocycles. The second-order valence-corrected chi connectivity index (χ2v) is 5.24. The first-order valence-corrected chi connectivity index (χ1v) is 6.37. The molecule has 0 spiro atoms. The molecule has 1 unspecified atom stereocenters. The van der Waals surface area contributed by atoms with Crippen LogP contribution in [0.4, 0.5) is 0 Å². The SMILES string of the molecule is CC(O)(CN1CCNCC1)c1ccc(Cl)cc1. The van der Waals surface area contributed by atoms with E-state index in [9.17, 15) is 5.11 Å². The number of hydrogen-bond acceptors (Lipinski definition) is 3. The van der Waals surface area contributed by atoms with E-state index in [0.717, 1.165) is 31.7 Å². The molecule has 0 saturated carbocycles. The summed E-state index contributed by atoms with van der Waals surface area (Å²) in [6.07, 6.45) is 0. The Balaban J connectivity index is 2.04. The highest BCUT2D eigenvalue weighted by atomic mass is 35.5. The third-order valence-corrected chi connectivity index (χ3v) is 3.46. The highest BCUT2D eigenvalue weighted by molar-refractivity contribution is 6.30. The van der Waals surface area contributed by atoms with Gasteiger partial charge in [-0.15, -0.1) is 0 Å². The number of rotatable bonds is 3. The maximum atomic E-state index is 10.5. The van der Waals surface area contributed by atoms with Gasteiger partial charge in [0.2, 0.25) is 0 Å². The molecule has 2 N–H and O–H groups in total. The lowest BCUT2D eigenvalue weighted by Crippen LogP contribution is -2.48. The molecule has 94 valence electrons. The van der Waals surface area contributed by atoms with Gasteiger partial charge in [0.15, 0.2) is 0 Å². The van der Waals surface area contributed by atoms with E-state index in [1.807, 2.05) is 31.2 Å². The van der Waals surface area contributed by atoms with Crippen molar-refractivity contribution in [3.05, 3.63) is 34.9 Å². The van der Waals surface area contributed by atoms with Crippen LogP contribution >= 0.6 is 11.6 Å². The van der Waals surface area contributed by atoms with E-state index in [0.29, 0.717) is 11.6 Å². The van der Waals surface area contributed by atoms with Gasteiger partial charge in [-0.3, -0.25) is 4.90 Å². The molecular weight excluding hydrogens is 236 g/mol. The van der Waals surface area contributed by atoms with Crippen molar-refractivity contribution in [2.24, 2.45) is 0 Å². The largest absolute Gasteiger partial charge is 0.384 e. The number of piperazine rings is 1. The first-order chi connectivity index (χ1) is 8.08. The number of nitrogens with one attached hydrogen (secondary N) is 1. The quantitative estimate of drug-likeness (QED) is 0.857. The number of β-amino-alcohol motifs (C(OH)–C–C–N with tert-alkyl or cyclic N) is 1. The Kier molecular flexibility index (Phi) is 4.05. The summed E-state index contributed by atoms with van der Waals surface area (Å²) in [6.45, 7) is 6.50. The summed E-state index contributed by atoms with van der Waals surface area (Å²) in [7, 11) is 0. The number of nitrogens with zero attached hydrogens (tertiary/aromatic N) is 1. The minimum Gasteiger partial charge on any atom is -0.384 e. The highest BCUT2D eigenvalue weighted by Crippen LogP contribution is 2.23. The van der Waals surface area contributed by atoms with Crippen molar-refractivity contribution in [3.63, 3.8) is 0 Å². The summed E-state index contributed by atoms with van der Waals surface area (Å²) >= 11 is 5.85. The minimum atomic E-state index is -0.818. The van der Waals surface area contributed by atoms with Gasteiger partial charge in [0.05, 0.1) is 5.60 Å². The fourth-order valence-corrected chi connectivity index (χ4v) is 2.33. The van der Waals surface area contributed by atoms with E-state index in [4.69, 9.17) is 11.6 Å². The Morgan fingerprint density at radius 2 is 1.88 bits per heavy atom. The van der Waals surface area contributed by atoms with E-state index in [1.165, 1.54) is 0 Å². The van der Waals surface area contributed by atoms with Crippen molar-refractivity contribution in [1.82, 2.24) is 10.2 Å². The first-order valence-electron chi connectivity index (χ1n) is 5.99. The zero-order chi connectivity index (χ0) is 12.3. The molecule has 1 fully saturated rings. The van der Waals surface area contributed by atoms with Gasteiger partial charge >= 0.3 is 0 Å². The van der Waals surface area contributed by atoms with E-state index in [-0.39, 0.29) is 0 Å². The van der Waals surface area contributed by atoms with E-state index < -0.39 is 5.60 Å². The Labute approximate surface area is 107 Å². The molecule has 1 heterocycles. The molecule has 4 heteroatoms. The van der Waals surface area contributed by atoms with E-state index in [2.05, 4.69) is 10.2 Å². The van der Waals surface area contributed by atoms with Crippen molar-refractivity contribution in [3.8, 4) is 0 Å². The molecule has 0 radical (unpaired) electrons. The van der Waals surface area contributed by atoms with Crippen LogP contribution in [0.25, 0.3) is 0 Å². The van der Waals surface area contributed by atoms with Crippen LogP contribution in [0.1, 0.15) is 12.5 Å². The Morgan fingerprint density at radius 3 is 2.47 bits per heavy atom. The maximum Gasteiger partial charge on any atom is 0.0994 e. The van der Waals surface area contributed by atoms with Crippen molar-refractivity contribution in [2.75, 3.05) is 32.7 Å². The summed E-state index contributed by atoms with van der Waals surface area (Å²) in [6, 6.07) is 7.43. The molecule has 1 atom stereocenters. The molecule has 1 saturated heterocycles. The van der Waals surface area contributed by atoms with Crippen LogP contribution in [-0.2, 0) is 5.60 Å². The third-order valence-electron chi connectivity index (χ3n) is 3.21. The van der Waals surface area contributed by atoms with Gasteiger partial charge in [0, 0.05) is 37.7 Å². The molecular formula is C13H19ClN2O. The van der Waals surface area contributed by atoms with Crippen molar-refractivity contribution in [2.45, 2.75) is 12.5 Å². The molecule has 1 aromatic carbocycles. The smallest absolute Gasteiger partial charge is 0.0994 e. The van der Waals surface area contributed by atoms with Gasteiger partial charge in [0.25, 0.3) is 0 Å². The molecule has 0 bridgehead atoms. The predicted octanol–water partition coefficient (Wildman–Crippen LogP) is 1.45. The average Bonchev–Trinajstić information content (AvgIpc) is 2.30. The van der Waals surface area contributed by atoms with Gasteiger partial charge in [-0.2, -0.15) is 0 Å². The number of benzene rings is 1. The predicted molar refractivity (Wildman–Crippen MR) is 70.3 cm³/mol. The second-order valence-electron chi connectivity index (χ2n) is 4.81. The van der Waals surface area contributed by atoms with Crippen LogP contribution in [0.15, 0.2) is 24.3 Å². The zero-order valence-corrected chi connectivity index (χ0v) is 10.9. The molecule has 1 aromatic rings. The standard InChI is InChI=1S/C13H19ClN2O/c1-13(17,10-16-8-6-15-7-9-16)11-2-4-12(14)5-3-11/h2-5,15,17H,6-10H2,1H3. The summed E-state index contributed by atoms with van der Waals surface area (Å²) in [5.74, 6) is 0. The van der Waals surface area contributed by atoms with Gasteiger partial charge in [-0.05, 0) is 24.6 Å². The third kappa shape index (κ3) is 3.42. The summed E-state index contributed by atoms with van der Waals surface area (Å²) in [5, 5.41) is 14.5. The van der Waals surface area contributed by atoms with Gasteiger partial charge in [-0.25, -0.2) is 0 Å². The summed E-state index contributed by atoms with van der Waals surface area (Å²) in [5.41, 5.74) is 0.0995. The molecule has 1 aliphatic heterocycles. The van der Waals surface area contributed by atoms with Gasteiger partial charge in [-0.1, -0.05) is 23.7 Å². The van der Waals surface area contributed by atoms with Crippen molar-refractivity contribution >= 4 is 11.6 Å². The number of halogens is 1. The minimum absolute atomic E-state index is 0.663. The topological polar surface area (TPSA) is 35.5 Å². The molecule has 17 heavy (non-hydrogen) atoms. The monoisotopic (exact) mass is 254 g/mol. The first kappa shape index (κ1) is 12.8. The van der Waals surface area contributed by atoms with E-state index in [1.54, 1.807) is 0 Å². The summed E-state index contributed by atoms with van der Waals surface area (Å²) in [4.78, 5) is 2.28.